The van der Waals surface area contributed by atoms with Crippen LogP contribution in [-0.4, -0.2) is 4.57 Å². The minimum Gasteiger partial charge on any atom is -0.309 e. The Bertz CT molecular complexity index is 3280. The zero-order valence-corrected chi connectivity index (χ0v) is 33.0. The molecule has 0 aliphatic rings. The average molecular weight is 765 g/mol. The molecule has 0 N–H and O–H groups in total. The van der Waals surface area contributed by atoms with E-state index in [1.54, 1.807) is 0 Å². The van der Waals surface area contributed by atoms with Crippen molar-refractivity contribution in [2.24, 2.45) is 0 Å². The molecule has 0 aliphatic carbocycles. The van der Waals surface area contributed by atoms with Crippen LogP contribution < -0.4 is 4.90 Å². The van der Waals surface area contributed by atoms with Crippen LogP contribution in [-0.2, 0) is 0 Å². The van der Waals surface area contributed by atoms with Crippen molar-refractivity contribution in [1.29, 1.82) is 0 Å². The van der Waals surface area contributed by atoms with Gasteiger partial charge in [-0.05, 0) is 75.2 Å². The molecule has 2 nitrogen and oxygen atoms in total. The summed E-state index contributed by atoms with van der Waals surface area (Å²) in [5, 5.41) is 4.83. The Labute approximate surface area is 350 Å². The van der Waals surface area contributed by atoms with Crippen molar-refractivity contribution in [2.45, 2.75) is 0 Å². The van der Waals surface area contributed by atoms with E-state index < -0.39 is 0 Å². The summed E-state index contributed by atoms with van der Waals surface area (Å²) < 4.78 is 2.46. The van der Waals surface area contributed by atoms with Crippen LogP contribution in [0.1, 0.15) is 0 Å². The smallest absolute Gasteiger partial charge is 0.0562 e. The fraction of sp³-hybridized carbons (Fsp3) is 0. The second kappa shape index (κ2) is 15.1. The third-order valence-corrected chi connectivity index (χ3v) is 11.8. The molecule has 0 saturated heterocycles. The number of hydrogen-bond donors (Lipinski definition) is 0. The van der Waals surface area contributed by atoms with Gasteiger partial charge in [-0.3, -0.25) is 0 Å². The fourth-order valence-electron chi connectivity index (χ4n) is 8.94. The van der Waals surface area contributed by atoms with Crippen LogP contribution in [0, 0.1) is 0 Å². The summed E-state index contributed by atoms with van der Waals surface area (Å²) in [6.45, 7) is 0. The summed E-state index contributed by atoms with van der Waals surface area (Å²) in [4.78, 5) is 2.46. The van der Waals surface area contributed by atoms with Gasteiger partial charge in [0.1, 0.15) is 0 Å². The Balaban J connectivity index is 1.11. The lowest BCUT2D eigenvalue weighted by molar-refractivity contribution is 1.18. The summed E-state index contributed by atoms with van der Waals surface area (Å²) in [7, 11) is 0. The number of hydrogen-bond acceptors (Lipinski definition) is 1. The average Bonchev–Trinajstić information content (AvgIpc) is 3.66. The third-order valence-electron chi connectivity index (χ3n) is 11.8. The van der Waals surface area contributed by atoms with Crippen LogP contribution in [0.2, 0.25) is 0 Å². The first-order valence-electron chi connectivity index (χ1n) is 20.6. The van der Waals surface area contributed by atoms with Crippen molar-refractivity contribution in [3.63, 3.8) is 0 Å². The lowest BCUT2D eigenvalue weighted by Crippen LogP contribution is -2.12. The normalized spacial score (nSPS) is 11.3. The second-order valence-corrected chi connectivity index (χ2v) is 15.3. The van der Waals surface area contributed by atoms with Crippen LogP contribution in [0.5, 0.6) is 0 Å². The fourth-order valence-corrected chi connectivity index (χ4v) is 8.94. The maximum atomic E-state index is 2.46. The summed E-state index contributed by atoms with van der Waals surface area (Å²) in [6, 6.07) is 87.9. The van der Waals surface area contributed by atoms with Gasteiger partial charge in [-0.15, -0.1) is 0 Å². The Morgan fingerprint density at radius 3 is 1.48 bits per heavy atom. The van der Waals surface area contributed by atoms with Gasteiger partial charge in [0.15, 0.2) is 0 Å². The third kappa shape index (κ3) is 6.23. The highest BCUT2D eigenvalue weighted by Gasteiger charge is 2.22. The number of anilines is 3. The highest BCUT2D eigenvalue weighted by atomic mass is 15.1. The van der Waals surface area contributed by atoms with Gasteiger partial charge in [-0.2, -0.15) is 0 Å². The largest absolute Gasteiger partial charge is 0.309 e. The first kappa shape index (κ1) is 35.2. The molecule has 0 fully saturated rings. The number of rotatable bonds is 8. The van der Waals surface area contributed by atoms with Crippen molar-refractivity contribution in [2.75, 3.05) is 4.90 Å². The maximum Gasteiger partial charge on any atom is 0.0562 e. The van der Waals surface area contributed by atoms with E-state index in [4.69, 9.17) is 0 Å². The molecular weight excluding hydrogens is 725 g/mol. The monoisotopic (exact) mass is 764 g/mol. The summed E-state index contributed by atoms with van der Waals surface area (Å²) >= 11 is 0. The standard InChI is InChI=1S/C58H40N2/c1-3-16-41(17-4-1)43-30-34-46(35-31-43)50-23-9-12-26-54(50)59(55-29-15-21-45-20-7-8-22-49(45)55)48-38-39-53-52-25-11-14-28-57(52)60(58(53)40-48)56-27-13-10-24-51(56)47-36-32-44(33-37-47)42-18-5-2-6-19-42/h1-40H. The molecule has 1 aromatic heterocycles. The minimum atomic E-state index is 1.08. The van der Waals surface area contributed by atoms with Crippen molar-refractivity contribution in [3.8, 4) is 50.2 Å². The highest BCUT2D eigenvalue weighted by molar-refractivity contribution is 6.11. The van der Waals surface area contributed by atoms with Crippen LogP contribution >= 0.6 is 0 Å². The van der Waals surface area contributed by atoms with E-state index >= 15 is 0 Å². The Morgan fingerprint density at radius 2 is 0.767 bits per heavy atom. The number of nitrogens with zero attached hydrogens (tertiary/aromatic N) is 2. The summed E-state index contributed by atoms with van der Waals surface area (Å²) in [6.07, 6.45) is 0. The van der Waals surface area contributed by atoms with Crippen molar-refractivity contribution < 1.29 is 0 Å². The van der Waals surface area contributed by atoms with Crippen LogP contribution in [0.15, 0.2) is 243 Å². The van der Waals surface area contributed by atoms with Gasteiger partial charge in [0.05, 0.1) is 28.1 Å². The molecule has 0 atom stereocenters. The van der Waals surface area contributed by atoms with Gasteiger partial charge < -0.3 is 9.47 Å². The van der Waals surface area contributed by atoms with Gasteiger partial charge in [-0.1, -0.05) is 206 Å². The van der Waals surface area contributed by atoms with Gasteiger partial charge >= 0.3 is 0 Å². The molecule has 282 valence electrons. The Hall–Kier alpha value is -7.94. The van der Waals surface area contributed by atoms with E-state index in [2.05, 4.69) is 252 Å². The topological polar surface area (TPSA) is 8.17 Å². The predicted octanol–water partition coefficient (Wildman–Crippen LogP) is 16.1. The Kier molecular flexibility index (Phi) is 8.87. The molecule has 0 amide bonds. The molecule has 0 aliphatic heterocycles. The molecule has 0 radical (unpaired) electrons. The highest BCUT2D eigenvalue weighted by Crippen LogP contribution is 2.46. The van der Waals surface area contributed by atoms with E-state index in [-0.39, 0.29) is 0 Å². The molecule has 0 unspecified atom stereocenters. The molecule has 0 spiro atoms. The van der Waals surface area contributed by atoms with Crippen molar-refractivity contribution in [1.82, 2.24) is 4.57 Å². The molecule has 11 aromatic rings. The van der Waals surface area contributed by atoms with Crippen molar-refractivity contribution >= 4 is 49.6 Å². The number of fused-ring (bicyclic) bond motifs is 4. The van der Waals surface area contributed by atoms with E-state index in [1.807, 2.05) is 0 Å². The van der Waals surface area contributed by atoms with Gasteiger partial charge in [0.25, 0.3) is 0 Å². The predicted molar refractivity (Wildman–Crippen MR) is 255 cm³/mol. The molecule has 10 aromatic carbocycles. The summed E-state index contributed by atoms with van der Waals surface area (Å²) in [5.74, 6) is 0. The quantitative estimate of drug-likeness (QED) is 0.150. The lowest BCUT2D eigenvalue weighted by atomic mass is 9.97. The van der Waals surface area contributed by atoms with Gasteiger partial charge in [0, 0.05) is 33.0 Å². The van der Waals surface area contributed by atoms with Crippen molar-refractivity contribution in [3.05, 3.63) is 243 Å². The summed E-state index contributed by atoms with van der Waals surface area (Å²) in [5.41, 5.74) is 16.3. The van der Waals surface area contributed by atoms with Crippen LogP contribution in [0.4, 0.5) is 17.1 Å². The molecule has 2 heteroatoms. The maximum absolute atomic E-state index is 2.46. The SMILES string of the molecule is c1ccc(-c2ccc(-c3ccccc3N(c3ccc4c5ccccc5n(-c5ccccc5-c5ccc(-c6ccccc6)cc5)c4c3)c3cccc4ccccc34)cc2)cc1. The number of benzene rings is 10. The van der Waals surface area contributed by atoms with E-state index in [1.165, 1.54) is 60.4 Å². The minimum absolute atomic E-state index is 1.08. The first-order valence-corrected chi connectivity index (χ1v) is 20.6. The van der Waals surface area contributed by atoms with Crippen LogP contribution in [0.3, 0.4) is 0 Å². The molecule has 0 saturated carbocycles. The number of aromatic nitrogens is 1. The van der Waals surface area contributed by atoms with E-state index in [0.29, 0.717) is 0 Å². The zero-order chi connectivity index (χ0) is 39.8. The Morgan fingerprint density at radius 1 is 0.283 bits per heavy atom. The second-order valence-electron chi connectivity index (χ2n) is 15.3. The molecule has 1 heterocycles. The van der Waals surface area contributed by atoms with Gasteiger partial charge in [0.2, 0.25) is 0 Å². The van der Waals surface area contributed by atoms with Crippen LogP contribution in [0.25, 0.3) is 82.8 Å². The molecule has 11 rings (SSSR count). The zero-order valence-electron chi connectivity index (χ0n) is 33.0. The lowest BCUT2D eigenvalue weighted by Gasteiger charge is -2.29. The van der Waals surface area contributed by atoms with E-state index in [0.717, 1.165) is 39.4 Å². The molecule has 60 heavy (non-hydrogen) atoms. The molecule has 0 bridgehead atoms. The van der Waals surface area contributed by atoms with E-state index in [9.17, 15) is 0 Å². The number of para-hydroxylation sites is 3. The van der Waals surface area contributed by atoms with Gasteiger partial charge in [-0.25, -0.2) is 0 Å². The molecular formula is C58H40N2. The first-order chi connectivity index (χ1) is 29.8.